The lowest BCUT2D eigenvalue weighted by Crippen LogP contribution is -2.37. The molecule has 2 heterocycles. The quantitative estimate of drug-likeness (QED) is 0.473. The first-order chi connectivity index (χ1) is 8.88. The zero-order valence-electron chi connectivity index (χ0n) is 10.5. The van der Waals surface area contributed by atoms with Crippen LogP contribution in [0.15, 0.2) is 9.59 Å². The Labute approximate surface area is 107 Å². The minimum Gasteiger partial charge on any atom is -0.394 e. The molecule has 8 nitrogen and oxygen atoms in total. The van der Waals surface area contributed by atoms with Gasteiger partial charge in [0, 0.05) is 12.7 Å². The first-order valence-electron chi connectivity index (χ1n) is 5.80. The summed E-state index contributed by atoms with van der Waals surface area (Å²) in [5, 5.41) is 28.6. The van der Waals surface area contributed by atoms with Gasteiger partial charge in [0.05, 0.1) is 12.2 Å². The van der Waals surface area contributed by atoms with E-state index in [4.69, 9.17) is 9.84 Å². The third-order valence-electron chi connectivity index (χ3n) is 3.49. The van der Waals surface area contributed by atoms with E-state index in [0.717, 1.165) is 0 Å². The summed E-state index contributed by atoms with van der Waals surface area (Å²) in [5.74, 6) is 0. The molecule has 1 saturated heterocycles. The van der Waals surface area contributed by atoms with Crippen molar-refractivity contribution in [1.29, 1.82) is 0 Å². The monoisotopic (exact) mass is 272 g/mol. The molecular formula is C11H16N2O6. The lowest BCUT2D eigenvalue weighted by Gasteiger charge is -2.17. The van der Waals surface area contributed by atoms with Crippen molar-refractivity contribution in [3.63, 3.8) is 0 Å². The number of aliphatic hydroxyl groups is 3. The molecular weight excluding hydrogens is 256 g/mol. The highest BCUT2D eigenvalue weighted by Crippen LogP contribution is 2.32. The largest absolute Gasteiger partial charge is 0.394 e. The van der Waals surface area contributed by atoms with E-state index in [9.17, 15) is 19.8 Å². The molecule has 0 amide bonds. The molecule has 106 valence electrons. The number of nitrogens with zero attached hydrogens (tertiary/aromatic N) is 1. The average molecular weight is 272 g/mol. The van der Waals surface area contributed by atoms with Gasteiger partial charge in [-0.1, -0.05) is 0 Å². The van der Waals surface area contributed by atoms with Gasteiger partial charge in [0.15, 0.2) is 0 Å². The number of aromatic nitrogens is 2. The molecule has 1 aromatic heterocycles. The molecule has 1 aliphatic rings. The van der Waals surface area contributed by atoms with E-state index >= 15 is 0 Å². The van der Waals surface area contributed by atoms with Crippen LogP contribution in [0.5, 0.6) is 0 Å². The Kier molecular flexibility index (Phi) is 3.59. The van der Waals surface area contributed by atoms with Crippen LogP contribution in [-0.2, 0) is 11.8 Å². The lowest BCUT2D eigenvalue weighted by molar-refractivity contribution is -0.0235. The Morgan fingerprint density at radius 2 is 1.95 bits per heavy atom. The highest BCUT2D eigenvalue weighted by Gasteiger charge is 2.44. The zero-order chi connectivity index (χ0) is 14.3. The second-order valence-electron chi connectivity index (χ2n) is 4.58. The van der Waals surface area contributed by atoms with Crippen LogP contribution in [0.1, 0.15) is 17.4 Å². The van der Waals surface area contributed by atoms with E-state index in [-0.39, 0.29) is 5.56 Å². The van der Waals surface area contributed by atoms with E-state index in [1.165, 1.54) is 11.6 Å². The standard InChI is InChI=1S/C11H16N2O6/c1-4-6(10(17)12-11(18)13(4)2)9-8(16)7(15)5(3-14)19-9/h5,7-9,14-16H,3H2,1-2H3,(H,12,17,18)/t5-,7?,8+,9+/m1/s1. The first-order valence-corrected chi connectivity index (χ1v) is 5.80. The molecule has 0 spiro atoms. The molecule has 0 saturated carbocycles. The van der Waals surface area contributed by atoms with Gasteiger partial charge < -0.3 is 24.6 Å². The second-order valence-corrected chi connectivity index (χ2v) is 4.58. The maximum absolute atomic E-state index is 11.8. The van der Waals surface area contributed by atoms with Crippen molar-refractivity contribution in [2.75, 3.05) is 6.61 Å². The predicted molar refractivity (Wildman–Crippen MR) is 63.8 cm³/mol. The van der Waals surface area contributed by atoms with Gasteiger partial charge in [-0.25, -0.2) is 4.79 Å². The molecule has 2 rings (SSSR count). The van der Waals surface area contributed by atoms with Crippen molar-refractivity contribution in [2.45, 2.75) is 31.3 Å². The summed E-state index contributed by atoms with van der Waals surface area (Å²) in [6.45, 7) is 1.07. The van der Waals surface area contributed by atoms with Crippen molar-refractivity contribution < 1.29 is 20.1 Å². The van der Waals surface area contributed by atoms with Crippen LogP contribution >= 0.6 is 0 Å². The Morgan fingerprint density at radius 1 is 1.32 bits per heavy atom. The fourth-order valence-corrected chi connectivity index (χ4v) is 2.22. The topological polar surface area (TPSA) is 125 Å². The fraction of sp³-hybridized carbons (Fsp3) is 0.636. The van der Waals surface area contributed by atoms with Gasteiger partial charge in [0.25, 0.3) is 5.56 Å². The van der Waals surface area contributed by atoms with Gasteiger partial charge in [-0.3, -0.25) is 9.78 Å². The number of H-pyrrole nitrogens is 1. The molecule has 1 unspecified atom stereocenters. The number of rotatable bonds is 2. The Balaban J connectivity index is 2.52. The third kappa shape index (κ3) is 2.12. The van der Waals surface area contributed by atoms with Gasteiger partial charge in [0.1, 0.15) is 24.4 Å². The Hall–Kier alpha value is -1.48. The number of aromatic amines is 1. The molecule has 0 aliphatic carbocycles. The van der Waals surface area contributed by atoms with Gasteiger partial charge in [-0.05, 0) is 6.92 Å². The number of ether oxygens (including phenoxy) is 1. The Morgan fingerprint density at radius 3 is 2.47 bits per heavy atom. The van der Waals surface area contributed by atoms with E-state index in [1.54, 1.807) is 6.92 Å². The second kappa shape index (κ2) is 4.89. The highest BCUT2D eigenvalue weighted by atomic mass is 16.6. The van der Waals surface area contributed by atoms with Gasteiger partial charge in [-0.15, -0.1) is 0 Å². The molecule has 0 aromatic carbocycles. The third-order valence-corrected chi connectivity index (χ3v) is 3.49. The molecule has 1 aliphatic heterocycles. The van der Waals surface area contributed by atoms with Gasteiger partial charge in [0.2, 0.25) is 0 Å². The molecule has 1 aromatic rings. The summed E-state index contributed by atoms with van der Waals surface area (Å²) in [6, 6.07) is 0. The summed E-state index contributed by atoms with van der Waals surface area (Å²) in [4.78, 5) is 25.4. The molecule has 4 N–H and O–H groups in total. The van der Waals surface area contributed by atoms with Gasteiger partial charge in [-0.2, -0.15) is 0 Å². The minimum atomic E-state index is -1.34. The van der Waals surface area contributed by atoms with Crippen LogP contribution in [0.25, 0.3) is 0 Å². The number of nitrogens with one attached hydrogen (secondary N) is 1. The molecule has 4 atom stereocenters. The van der Waals surface area contributed by atoms with Crippen LogP contribution in [0.2, 0.25) is 0 Å². The van der Waals surface area contributed by atoms with Crippen molar-refractivity contribution >= 4 is 0 Å². The average Bonchev–Trinajstić information content (AvgIpc) is 2.64. The maximum Gasteiger partial charge on any atom is 0.328 e. The number of hydrogen-bond donors (Lipinski definition) is 4. The summed E-state index contributed by atoms with van der Waals surface area (Å²) in [6.07, 6.45) is -4.67. The summed E-state index contributed by atoms with van der Waals surface area (Å²) >= 11 is 0. The Bertz CT molecular complexity index is 592. The normalized spacial score (nSPS) is 30.8. The molecule has 8 heteroatoms. The zero-order valence-corrected chi connectivity index (χ0v) is 10.5. The maximum atomic E-state index is 11.8. The van der Waals surface area contributed by atoms with Crippen LogP contribution in [0.3, 0.4) is 0 Å². The van der Waals surface area contributed by atoms with Crippen LogP contribution < -0.4 is 11.2 Å². The van der Waals surface area contributed by atoms with E-state index in [2.05, 4.69) is 4.98 Å². The van der Waals surface area contributed by atoms with Crippen molar-refractivity contribution in [2.24, 2.45) is 7.05 Å². The van der Waals surface area contributed by atoms with Gasteiger partial charge >= 0.3 is 5.69 Å². The number of hydrogen-bond acceptors (Lipinski definition) is 6. The highest BCUT2D eigenvalue weighted by molar-refractivity contribution is 5.22. The summed E-state index contributed by atoms with van der Waals surface area (Å²) < 4.78 is 6.51. The molecule has 1 fully saturated rings. The van der Waals surface area contributed by atoms with Crippen LogP contribution in [0.4, 0.5) is 0 Å². The molecule has 19 heavy (non-hydrogen) atoms. The van der Waals surface area contributed by atoms with Crippen molar-refractivity contribution in [3.05, 3.63) is 32.1 Å². The first kappa shape index (κ1) is 13.9. The van der Waals surface area contributed by atoms with E-state index in [0.29, 0.717) is 5.69 Å². The van der Waals surface area contributed by atoms with Crippen molar-refractivity contribution in [1.82, 2.24) is 9.55 Å². The molecule has 0 radical (unpaired) electrons. The minimum absolute atomic E-state index is 0.0737. The smallest absolute Gasteiger partial charge is 0.328 e. The fourth-order valence-electron chi connectivity index (χ4n) is 2.22. The van der Waals surface area contributed by atoms with Crippen LogP contribution in [0, 0.1) is 6.92 Å². The van der Waals surface area contributed by atoms with Crippen molar-refractivity contribution in [3.8, 4) is 0 Å². The lowest BCUT2D eigenvalue weighted by atomic mass is 10.0. The van der Waals surface area contributed by atoms with E-state index < -0.39 is 42.3 Å². The predicted octanol–water partition coefficient (Wildman–Crippen LogP) is -2.46. The summed E-state index contributed by atoms with van der Waals surface area (Å²) in [7, 11) is 1.47. The SMILES string of the molecule is Cc1c([C@@H]2O[C@H](CO)C(O)[C@@H]2O)c(=O)[nH]c(=O)n1C. The number of aliphatic hydroxyl groups excluding tert-OH is 3. The van der Waals surface area contributed by atoms with E-state index in [1.807, 2.05) is 0 Å². The molecule has 0 bridgehead atoms. The summed E-state index contributed by atoms with van der Waals surface area (Å²) in [5.41, 5.74) is -0.832. The van der Waals surface area contributed by atoms with Crippen LogP contribution in [-0.4, -0.2) is 49.8 Å².